The summed E-state index contributed by atoms with van der Waals surface area (Å²) in [6.45, 7) is 10.4. The first-order valence-electron chi connectivity index (χ1n) is 9.58. The Labute approximate surface area is 151 Å². The van der Waals surface area contributed by atoms with E-state index >= 15 is 0 Å². The zero-order valence-electron chi connectivity index (χ0n) is 15.9. The summed E-state index contributed by atoms with van der Waals surface area (Å²) in [6.07, 6.45) is 6.10. The van der Waals surface area contributed by atoms with E-state index in [0.717, 1.165) is 38.2 Å². The molecular formula is C21H32FN3. The molecule has 0 bridgehead atoms. The van der Waals surface area contributed by atoms with E-state index < -0.39 is 0 Å². The number of nitrogens with zero attached hydrogens (tertiary/aromatic N) is 1. The highest BCUT2D eigenvalue weighted by molar-refractivity contribution is 5.66. The van der Waals surface area contributed by atoms with Crippen molar-refractivity contribution in [3.05, 3.63) is 35.2 Å². The number of nitrogens with two attached hydrogens (primary N) is 1. The highest BCUT2D eigenvalue weighted by atomic mass is 19.1. The molecule has 3 rings (SSSR count). The minimum atomic E-state index is -0.281. The molecule has 0 radical (unpaired) electrons. The van der Waals surface area contributed by atoms with Gasteiger partial charge >= 0.3 is 0 Å². The standard InChI is InChI=1S/C21H32FN3/c1-15-5-4-10-21(2,3)18(15)14-25-11-8-17(9-12-25)24-20-7-6-16(22)13-19(20)23/h6-7,13,17,24H,4-5,8-12,14,23H2,1-3H3. The van der Waals surface area contributed by atoms with E-state index in [-0.39, 0.29) is 5.82 Å². The molecule has 1 heterocycles. The Balaban J connectivity index is 1.55. The van der Waals surface area contributed by atoms with Gasteiger partial charge in [0, 0.05) is 25.7 Å². The molecule has 0 spiro atoms. The van der Waals surface area contributed by atoms with Crippen molar-refractivity contribution in [3.63, 3.8) is 0 Å². The molecular weight excluding hydrogens is 313 g/mol. The summed E-state index contributed by atoms with van der Waals surface area (Å²) in [6, 6.07) is 5.01. The highest BCUT2D eigenvalue weighted by Crippen LogP contribution is 2.40. The molecule has 1 aromatic carbocycles. The number of hydrogen-bond acceptors (Lipinski definition) is 3. The van der Waals surface area contributed by atoms with Gasteiger partial charge in [0.25, 0.3) is 0 Å². The number of nitrogen functional groups attached to an aromatic ring is 1. The zero-order valence-corrected chi connectivity index (χ0v) is 15.9. The molecule has 0 atom stereocenters. The fraction of sp³-hybridized carbons (Fsp3) is 0.619. The van der Waals surface area contributed by atoms with Crippen molar-refractivity contribution in [2.24, 2.45) is 5.41 Å². The van der Waals surface area contributed by atoms with Crippen molar-refractivity contribution in [2.45, 2.75) is 58.9 Å². The second-order valence-corrected chi connectivity index (χ2v) is 8.42. The van der Waals surface area contributed by atoms with Crippen LogP contribution in [0.5, 0.6) is 0 Å². The van der Waals surface area contributed by atoms with E-state index in [0.29, 0.717) is 17.1 Å². The summed E-state index contributed by atoms with van der Waals surface area (Å²) in [5.74, 6) is -0.281. The summed E-state index contributed by atoms with van der Waals surface area (Å²) in [7, 11) is 0. The molecule has 1 aromatic rings. The molecule has 3 N–H and O–H groups in total. The first kappa shape index (κ1) is 18.2. The first-order chi connectivity index (χ1) is 11.8. The van der Waals surface area contributed by atoms with Crippen molar-refractivity contribution in [1.29, 1.82) is 0 Å². The SMILES string of the molecule is CC1=C(CN2CCC(Nc3ccc(F)cc3N)CC2)C(C)(C)CCC1. The zero-order chi connectivity index (χ0) is 18.0. The molecule has 1 aliphatic heterocycles. The minimum absolute atomic E-state index is 0.281. The van der Waals surface area contributed by atoms with Crippen molar-refractivity contribution in [2.75, 3.05) is 30.7 Å². The Kier molecular flexibility index (Phi) is 5.38. The van der Waals surface area contributed by atoms with Crippen molar-refractivity contribution in [1.82, 2.24) is 4.90 Å². The second kappa shape index (κ2) is 7.36. The number of anilines is 2. The molecule has 0 saturated carbocycles. The molecule has 3 nitrogen and oxygen atoms in total. The number of rotatable bonds is 4. The van der Waals surface area contributed by atoms with Crippen molar-refractivity contribution in [3.8, 4) is 0 Å². The van der Waals surface area contributed by atoms with Crippen LogP contribution < -0.4 is 11.1 Å². The average Bonchev–Trinajstić information content (AvgIpc) is 2.55. The summed E-state index contributed by atoms with van der Waals surface area (Å²) in [5.41, 5.74) is 10.9. The number of allylic oxidation sites excluding steroid dienone is 1. The van der Waals surface area contributed by atoms with Gasteiger partial charge in [0.1, 0.15) is 5.82 Å². The lowest BCUT2D eigenvalue weighted by Crippen LogP contribution is -2.42. The summed E-state index contributed by atoms with van der Waals surface area (Å²) < 4.78 is 13.2. The fourth-order valence-electron chi connectivity index (χ4n) is 4.37. The van der Waals surface area contributed by atoms with Gasteiger partial charge in [0.15, 0.2) is 0 Å². The van der Waals surface area contributed by atoms with Crippen LogP contribution >= 0.6 is 0 Å². The maximum absolute atomic E-state index is 13.2. The Morgan fingerprint density at radius 3 is 2.64 bits per heavy atom. The van der Waals surface area contributed by atoms with Crippen molar-refractivity contribution < 1.29 is 4.39 Å². The van der Waals surface area contributed by atoms with Crippen LogP contribution in [0.3, 0.4) is 0 Å². The number of likely N-dealkylation sites (tertiary alicyclic amines) is 1. The molecule has 4 heteroatoms. The smallest absolute Gasteiger partial charge is 0.125 e. The normalized spacial score (nSPS) is 22.2. The summed E-state index contributed by atoms with van der Waals surface area (Å²) in [4.78, 5) is 2.60. The van der Waals surface area contributed by atoms with E-state index in [9.17, 15) is 4.39 Å². The largest absolute Gasteiger partial charge is 0.397 e. The highest BCUT2D eigenvalue weighted by Gasteiger charge is 2.30. The minimum Gasteiger partial charge on any atom is -0.397 e. The lowest BCUT2D eigenvalue weighted by Gasteiger charge is -2.40. The number of piperidine rings is 1. The van der Waals surface area contributed by atoms with Crippen LogP contribution in [-0.2, 0) is 0 Å². The Hall–Kier alpha value is -1.55. The average molecular weight is 346 g/mol. The fourth-order valence-corrected chi connectivity index (χ4v) is 4.37. The number of benzene rings is 1. The van der Waals surface area contributed by atoms with Gasteiger partial charge in [-0.15, -0.1) is 0 Å². The topological polar surface area (TPSA) is 41.3 Å². The van der Waals surface area contributed by atoms with Gasteiger partial charge in [0.05, 0.1) is 11.4 Å². The van der Waals surface area contributed by atoms with Gasteiger partial charge in [-0.1, -0.05) is 25.0 Å². The number of hydrogen-bond donors (Lipinski definition) is 2. The van der Waals surface area contributed by atoms with Gasteiger partial charge in [-0.25, -0.2) is 4.39 Å². The van der Waals surface area contributed by atoms with Gasteiger partial charge in [-0.2, -0.15) is 0 Å². The lowest BCUT2D eigenvalue weighted by atomic mass is 9.72. The monoisotopic (exact) mass is 345 g/mol. The van der Waals surface area contributed by atoms with Crippen LogP contribution in [0.25, 0.3) is 0 Å². The van der Waals surface area contributed by atoms with E-state index in [4.69, 9.17) is 5.73 Å². The van der Waals surface area contributed by atoms with Crippen LogP contribution in [-0.4, -0.2) is 30.6 Å². The molecule has 138 valence electrons. The van der Waals surface area contributed by atoms with E-state index in [1.54, 1.807) is 17.2 Å². The van der Waals surface area contributed by atoms with Gasteiger partial charge in [-0.3, -0.25) is 4.90 Å². The Bertz CT molecular complexity index is 643. The molecule has 25 heavy (non-hydrogen) atoms. The Morgan fingerprint density at radius 1 is 1.28 bits per heavy atom. The van der Waals surface area contributed by atoms with E-state index in [1.165, 1.54) is 31.4 Å². The lowest BCUT2D eigenvalue weighted by molar-refractivity contribution is 0.213. The van der Waals surface area contributed by atoms with E-state index in [1.807, 2.05) is 0 Å². The van der Waals surface area contributed by atoms with Crippen LogP contribution in [0.1, 0.15) is 52.9 Å². The van der Waals surface area contributed by atoms with Gasteiger partial charge < -0.3 is 11.1 Å². The third-order valence-corrected chi connectivity index (χ3v) is 6.03. The van der Waals surface area contributed by atoms with Crippen LogP contribution in [0.4, 0.5) is 15.8 Å². The third-order valence-electron chi connectivity index (χ3n) is 6.03. The maximum Gasteiger partial charge on any atom is 0.125 e. The van der Waals surface area contributed by atoms with Crippen LogP contribution in [0.2, 0.25) is 0 Å². The van der Waals surface area contributed by atoms with Crippen LogP contribution in [0.15, 0.2) is 29.3 Å². The van der Waals surface area contributed by atoms with Gasteiger partial charge in [-0.05, 0) is 62.6 Å². The predicted molar refractivity (Wildman–Crippen MR) is 104 cm³/mol. The first-order valence-corrected chi connectivity index (χ1v) is 9.58. The third kappa shape index (κ3) is 4.35. The second-order valence-electron chi connectivity index (χ2n) is 8.42. The molecule has 1 aliphatic carbocycles. The molecule has 2 aliphatic rings. The molecule has 0 unspecified atom stereocenters. The summed E-state index contributed by atoms with van der Waals surface area (Å²) in [5, 5.41) is 3.50. The predicted octanol–water partition coefficient (Wildman–Crippen LogP) is 4.81. The molecule has 1 fully saturated rings. The van der Waals surface area contributed by atoms with E-state index in [2.05, 4.69) is 31.0 Å². The van der Waals surface area contributed by atoms with Crippen LogP contribution in [0, 0.1) is 11.2 Å². The number of halogens is 1. The van der Waals surface area contributed by atoms with Crippen molar-refractivity contribution >= 4 is 11.4 Å². The maximum atomic E-state index is 13.2. The molecule has 0 amide bonds. The number of nitrogens with one attached hydrogen (secondary N) is 1. The Morgan fingerprint density at radius 2 is 2.00 bits per heavy atom. The molecule has 0 aromatic heterocycles. The summed E-state index contributed by atoms with van der Waals surface area (Å²) >= 11 is 0. The van der Waals surface area contributed by atoms with Gasteiger partial charge in [0.2, 0.25) is 0 Å². The quantitative estimate of drug-likeness (QED) is 0.608. The molecule has 1 saturated heterocycles.